The fourth-order valence-electron chi connectivity index (χ4n) is 1.20. The van der Waals surface area contributed by atoms with Crippen molar-refractivity contribution >= 4 is 39.1 Å². The van der Waals surface area contributed by atoms with Crippen molar-refractivity contribution in [1.29, 1.82) is 0 Å². The Hall–Kier alpha value is -0.510. The summed E-state index contributed by atoms with van der Waals surface area (Å²) in [5.41, 5.74) is 1.61. The van der Waals surface area contributed by atoms with Gasteiger partial charge in [0.05, 0.1) is 5.88 Å². The van der Waals surface area contributed by atoms with Crippen LogP contribution in [0.4, 0.5) is 0 Å². The van der Waals surface area contributed by atoms with Crippen LogP contribution in [0, 0.1) is 0 Å². The number of aromatic nitrogens is 1. The van der Waals surface area contributed by atoms with Gasteiger partial charge in [-0.3, -0.25) is 0 Å². The lowest BCUT2D eigenvalue weighted by Gasteiger charge is -1.99. The van der Waals surface area contributed by atoms with E-state index < -0.39 is 0 Å². The van der Waals surface area contributed by atoms with Crippen molar-refractivity contribution < 1.29 is 4.52 Å². The molecule has 0 bridgehead atoms. The summed E-state index contributed by atoms with van der Waals surface area (Å²) in [4.78, 5) is 0. The molecule has 5 heteroatoms. The maximum atomic E-state index is 5.90. The van der Waals surface area contributed by atoms with Crippen LogP contribution in [-0.2, 0) is 5.88 Å². The molecular formula is C10H6BrCl2NO. The van der Waals surface area contributed by atoms with Crippen LogP contribution in [0.1, 0.15) is 5.76 Å². The Morgan fingerprint density at radius 1 is 1.33 bits per heavy atom. The lowest BCUT2D eigenvalue weighted by Crippen LogP contribution is -1.79. The molecule has 0 amide bonds. The minimum absolute atomic E-state index is 0.311. The van der Waals surface area contributed by atoms with Crippen LogP contribution in [0.2, 0.25) is 5.02 Å². The molecular weight excluding hydrogens is 301 g/mol. The van der Waals surface area contributed by atoms with Gasteiger partial charge in [-0.2, -0.15) is 0 Å². The van der Waals surface area contributed by atoms with E-state index in [0.29, 0.717) is 16.7 Å². The zero-order valence-electron chi connectivity index (χ0n) is 7.51. The Kier molecular flexibility index (Phi) is 3.34. The smallest absolute Gasteiger partial charge is 0.152 e. The molecule has 0 saturated heterocycles. The first-order chi connectivity index (χ1) is 7.20. The molecule has 78 valence electrons. The average Bonchev–Trinajstić information content (AvgIpc) is 2.70. The van der Waals surface area contributed by atoms with Crippen LogP contribution < -0.4 is 0 Å². The van der Waals surface area contributed by atoms with Crippen LogP contribution in [0.15, 0.2) is 33.3 Å². The van der Waals surface area contributed by atoms with Crippen molar-refractivity contribution in [2.45, 2.75) is 5.88 Å². The topological polar surface area (TPSA) is 26.0 Å². The van der Waals surface area contributed by atoms with Gasteiger partial charge in [0, 0.05) is 21.1 Å². The Bertz CT molecular complexity index is 484. The summed E-state index contributed by atoms with van der Waals surface area (Å²) in [5, 5.41) is 4.57. The number of hydrogen-bond donors (Lipinski definition) is 0. The largest absolute Gasteiger partial charge is 0.359 e. The first-order valence-corrected chi connectivity index (χ1v) is 5.88. The van der Waals surface area contributed by atoms with Crippen molar-refractivity contribution in [2.75, 3.05) is 0 Å². The highest BCUT2D eigenvalue weighted by atomic mass is 79.9. The first-order valence-electron chi connectivity index (χ1n) is 4.17. The second-order valence-corrected chi connectivity index (χ2v) is 4.49. The zero-order valence-corrected chi connectivity index (χ0v) is 10.6. The van der Waals surface area contributed by atoms with Gasteiger partial charge >= 0.3 is 0 Å². The van der Waals surface area contributed by atoms with Gasteiger partial charge in [0.15, 0.2) is 5.76 Å². The van der Waals surface area contributed by atoms with Gasteiger partial charge in [-0.1, -0.05) is 32.7 Å². The highest BCUT2D eigenvalue weighted by Crippen LogP contribution is 2.30. The minimum Gasteiger partial charge on any atom is -0.359 e. The van der Waals surface area contributed by atoms with Crippen molar-refractivity contribution in [3.63, 3.8) is 0 Å². The predicted molar refractivity (Wildman–Crippen MR) is 64.2 cm³/mol. The third-order valence-electron chi connectivity index (χ3n) is 1.90. The van der Waals surface area contributed by atoms with E-state index in [1.165, 1.54) is 0 Å². The molecule has 0 N–H and O–H groups in total. The van der Waals surface area contributed by atoms with E-state index in [-0.39, 0.29) is 0 Å². The maximum Gasteiger partial charge on any atom is 0.152 e. The molecule has 0 aliphatic carbocycles. The van der Waals surface area contributed by atoms with E-state index in [1.807, 2.05) is 12.1 Å². The van der Waals surface area contributed by atoms with Crippen LogP contribution in [0.5, 0.6) is 0 Å². The number of benzene rings is 1. The molecule has 1 aromatic heterocycles. The lowest BCUT2D eigenvalue weighted by atomic mass is 10.1. The summed E-state index contributed by atoms with van der Waals surface area (Å²) in [7, 11) is 0. The van der Waals surface area contributed by atoms with Gasteiger partial charge in [-0.25, -0.2) is 0 Å². The summed E-state index contributed by atoms with van der Waals surface area (Å²) in [5.74, 6) is 0.948. The number of halogens is 3. The molecule has 2 rings (SSSR count). The first kappa shape index (κ1) is 11.0. The molecule has 1 heterocycles. The van der Waals surface area contributed by atoms with Gasteiger partial charge in [-0.15, -0.1) is 11.6 Å². The van der Waals surface area contributed by atoms with E-state index in [1.54, 1.807) is 12.1 Å². The van der Waals surface area contributed by atoms with E-state index in [4.69, 9.17) is 27.7 Å². The third kappa shape index (κ3) is 2.36. The van der Waals surface area contributed by atoms with E-state index in [0.717, 1.165) is 15.7 Å². The molecule has 2 aromatic rings. The third-order valence-corrected chi connectivity index (χ3v) is 3.09. The van der Waals surface area contributed by atoms with Crippen molar-refractivity contribution in [2.24, 2.45) is 0 Å². The predicted octanol–water partition coefficient (Wildman–Crippen LogP) is 4.50. The van der Waals surface area contributed by atoms with Crippen LogP contribution in [0.25, 0.3) is 11.3 Å². The minimum atomic E-state index is 0.311. The van der Waals surface area contributed by atoms with Crippen LogP contribution in [0.3, 0.4) is 0 Å². The second-order valence-electron chi connectivity index (χ2n) is 2.94. The van der Waals surface area contributed by atoms with Gasteiger partial charge < -0.3 is 4.52 Å². The highest BCUT2D eigenvalue weighted by molar-refractivity contribution is 9.10. The Labute approximate surface area is 105 Å². The fraction of sp³-hybridized carbons (Fsp3) is 0.100. The Morgan fingerprint density at radius 2 is 2.13 bits per heavy atom. The SMILES string of the molecule is ClCc1cc(-c2cc(Cl)ccc2Br)no1. The van der Waals surface area contributed by atoms with Crippen molar-refractivity contribution in [3.05, 3.63) is 39.5 Å². The zero-order chi connectivity index (χ0) is 10.8. The fourth-order valence-corrected chi connectivity index (χ4v) is 1.94. The molecule has 0 aliphatic heterocycles. The summed E-state index contributed by atoms with van der Waals surface area (Å²) >= 11 is 15.0. The monoisotopic (exact) mass is 305 g/mol. The van der Waals surface area contributed by atoms with Gasteiger partial charge in [0.2, 0.25) is 0 Å². The maximum absolute atomic E-state index is 5.90. The van der Waals surface area contributed by atoms with Gasteiger partial charge in [0.1, 0.15) is 5.69 Å². The molecule has 0 aliphatic rings. The second kappa shape index (κ2) is 4.56. The van der Waals surface area contributed by atoms with Gasteiger partial charge in [-0.05, 0) is 18.2 Å². The molecule has 0 spiro atoms. The molecule has 0 saturated carbocycles. The molecule has 0 unspecified atom stereocenters. The standard InChI is InChI=1S/C10H6BrCl2NO/c11-9-2-1-6(13)3-8(9)10-4-7(5-12)15-14-10/h1-4H,5H2. The van der Waals surface area contributed by atoms with E-state index in [9.17, 15) is 0 Å². The van der Waals surface area contributed by atoms with Crippen molar-refractivity contribution in [3.8, 4) is 11.3 Å². The summed E-state index contributed by atoms with van der Waals surface area (Å²) in [6.07, 6.45) is 0. The molecule has 0 fully saturated rings. The van der Waals surface area contributed by atoms with Crippen LogP contribution >= 0.6 is 39.1 Å². The Balaban J connectivity index is 2.48. The number of alkyl halides is 1. The summed E-state index contributed by atoms with van der Waals surface area (Å²) < 4.78 is 5.94. The van der Waals surface area contributed by atoms with Gasteiger partial charge in [0.25, 0.3) is 0 Å². The number of nitrogens with zero attached hydrogens (tertiary/aromatic N) is 1. The van der Waals surface area contributed by atoms with E-state index in [2.05, 4.69) is 21.1 Å². The lowest BCUT2D eigenvalue weighted by molar-refractivity contribution is 0.396. The normalized spacial score (nSPS) is 10.6. The quantitative estimate of drug-likeness (QED) is 0.764. The highest BCUT2D eigenvalue weighted by Gasteiger charge is 2.09. The molecule has 15 heavy (non-hydrogen) atoms. The number of rotatable bonds is 2. The molecule has 0 radical (unpaired) electrons. The summed E-state index contributed by atoms with van der Waals surface area (Å²) in [6, 6.07) is 7.29. The van der Waals surface area contributed by atoms with Crippen molar-refractivity contribution in [1.82, 2.24) is 5.16 Å². The molecule has 1 aromatic carbocycles. The average molecular weight is 307 g/mol. The van der Waals surface area contributed by atoms with Crippen LogP contribution in [-0.4, -0.2) is 5.16 Å². The number of hydrogen-bond acceptors (Lipinski definition) is 2. The molecule has 0 atom stereocenters. The molecule has 2 nitrogen and oxygen atoms in total. The van der Waals surface area contributed by atoms with E-state index >= 15 is 0 Å². The Morgan fingerprint density at radius 3 is 2.80 bits per heavy atom. The summed E-state index contributed by atoms with van der Waals surface area (Å²) in [6.45, 7) is 0.